The second-order valence-corrected chi connectivity index (χ2v) is 6.23. The Kier molecular flexibility index (Phi) is 5.87. The van der Waals surface area contributed by atoms with E-state index in [9.17, 15) is 4.39 Å². The molecule has 1 N–H and O–H groups in total. The second kappa shape index (κ2) is 8.50. The Morgan fingerprint density at radius 1 is 1.04 bits per heavy atom. The molecule has 3 aromatic rings. The van der Waals surface area contributed by atoms with Crippen molar-refractivity contribution in [3.63, 3.8) is 0 Å². The lowest BCUT2D eigenvalue weighted by Gasteiger charge is -2.06. The third-order valence-corrected chi connectivity index (χ3v) is 4.19. The van der Waals surface area contributed by atoms with Gasteiger partial charge < -0.3 is 4.74 Å². The summed E-state index contributed by atoms with van der Waals surface area (Å²) < 4.78 is 18.6. The molecule has 5 heteroatoms. The van der Waals surface area contributed by atoms with Crippen LogP contribution in [0.1, 0.15) is 16.7 Å². The van der Waals surface area contributed by atoms with Crippen molar-refractivity contribution in [3.05, 3.63) is 94.3 Å². The van der Waals surface area contributed by atoms with Crippen LogP contribution in [0.5, 0.6) is 5.75 Å². The first-order chi connectivity index (χ1) is 12.6. The molecule has 0 aliphatic carbocycles. The van der Waals surface area contributed by atoms with E-state index >= 15 is 0 Å². The molecule has 132 valence electrons. The first kappa shape index (κ1) is 18.0. The number of hydrazone groups is 1. The predicted molar refractivity (Wildman–Crippen MR) is 105 cm³/mol. The molecule has 0 aliphatic rings. The van der Waals surface area contributed by atoms with Crippen LogP contribution in [-0.4, -0.2) is 6.21 Å². The maximum atomic E-state index is 12.9. The van der Waals surface area contributed by atoms with Gasteiger partial charge in [0.25, 0.3) is 0 Å². The van der Waals surface area contributed by atoms with E-state index in [1.54, 1.807) is 18.3 Å². The van der Waals surface area contributed by atoms with E-state index in [4.69, 9.17) is 16.3 Å². The van der Waals surface area contributed by atoms with Gasteiger partial charge in [0.15, 0.2) is 0 Å². The third-order valence-electron chi connectivity index (χ3n) is 3.78. The van der Waals surface area contributed by atoms with Gasteiger partial charge in [-0.2, -0.15) is 5.10 Å². The van der Waals surface area contributed by atoms with Crippen LogP contribution in [0, 0.1) is 12.7 Å². The quantitative estimate of drug-likeness (QED) is 0.440. The summed E-state index contributed by atoms with van der Waals surface area (Å²) in [7, 11) is 0. The normalized spacial score (nSPS) is 10.9. The van der Waals surface area contributed by atoms with Gasteiger partial charge in [-0.25, -0.2) is 4.39 Å². The Bertz CT molecular complexity index is 893. The standard InChI is InChI=1S/C21H18ClFN2O/c1-15-2-9-19(12-21(15)22)25-24-13-16-5-10-20(11-6-16)26-14-17-3-7-18(23)8-4-17/h2-13,25H,14H2,1H3. The number of rotatable bonds is 6. The van der Waals surface area contributed by atoms with Crippen LogP contribution in [0.2, 0.25) is 5.02 Å². The Balaban J connectivity index is 1.53. The maximum Gasteiger partial charge on any atom is 0.123 e. The van der Waals surface area contributed by atoms with Crippen LogP contribution >= 0.6 is 11.6 Å². The van der Waals surface area contributed by atoms with Gasteiger partial charge >= 0.3 is 0 Å². The van der Waals surface area contributed by atoms with Crippen LogP contribution in [0.25, 0.3) is 0 Å². The first-order valence-electron chi connectivity index (χ1n) is 8.13. The van der Waals surface area contributed by atoms with Crippen molar-refractivity contribution in [2.45, 2.75) is 13.5 Å². The zero-order valence-corrected chi connectivity index (χ0v) is 15.0. The molecule has 0 aliphatic heterocycles. The average molecular weight is 369 g/mol. The molecule has 0 fully saturated rings. The van der Waals surface area contributed by atoms with Crippen LogP contribution in [0.15, 0.2) is 71.8 Å². The minimum atomic E-state index is -0.251. The molecular weight excluding hydrogens is 351 g/mol. The number of aryl methyl sites for hydroxylation is 1. The fourth-order valence-corrected chi connectivity index (χ4v) is 2.42. The first-order valence-corrected chi connectivity index (χ1v) is 8.50. The van der Waals surface area contributed by atoms with Crippen LogP contribution in [0.3, 0.4) is 0 Å². The molecule has 0 radical (unpaired) electrons. The number of nitrogens with one attached hydrogen (secondary N) is 1. The molecule has 0 amide bonds. The summed E-state index contributed by atoms with van der Waals surface area (Å²) >= 11 is 6.08. The number of benzene rings is 3. The van der Waals surface area contributed by atoms with Gasteiger partial charge in [-0.15, -0.1) is 0 Å². The van der Waals surface area contributed by atoms with Crippen molar-refractivity contribution in [3.8, 4) is 5.75 Å². The van der Waals surface area contributed by atoms with E-state index < -0.39 is 0 Å². The lowest BCUT2D eigenvalue weighted by atomic mass is 10.2. The van der Waals surface area contributed by atoms with E-state index in [2.05, 4.69) is 10.5 Å². The molecule has 0 atom stereocenters. The molecule has 0 saturated carbocycles. The van der Waals surface area contributed by atoms with Crippen molar-refractivity contribution in [1.82, 2.24) is 0 Å². The molecule has 0 saturated heterocycles. The number of ether oxygens (including phenoxy) is 1. The van der Waals surface area contributed by atoms with E-state index in [-0.39, 0.29) is 5.82 Å². The highest BCUT2D eigenvalue weighted by Crippen LogP contribution is 2.20. The molecular formula is C21H18ClFN2O. The molecule has 0 aromatic heterocycles. The summed E-state index contributed by atoms with van der Waals surface area (Å²) in [5, 5.41) is 4.91. The largest absolute Gasteiger partial charge is 0.489 e. The molecule has 3 aromatic carbocycles. The molecule has 0 spiro atoms. The highest BCUT2D eigenvalue weighted by Gasteiger charge is 1.98. The number of hydrogen-bond donors (Lipinski definition) is 1. The predicted octanol–water partition coefficient (Wildman–Crippen LogP) is 5.81. The number of hydrogen-bond acceptors (Lipinski definition) is 3. The Labute approximate surface area is 157 Å². The summed E-state index contributed by atoms with van der Waals surface area (Å²) in [6.45, 7) is 2.35. The third kappa shape index (κ3) is 5.07. The maximum absolute atomic E-state index is 12.9. The van der Waals surface area contributed by atoms with Gasteiger partial charge in [0.2, 0.25) is 0 Å². The highest BCUT2D eigenvalue weighted by molar-refractivity contribution is 6.31. The lowest BCUT2D eigenvalue weighted by Crippen LogP contribution is -1.96. The zero-order valence-electron chi connectivity index (χ0n) is 14.2. The van der Waals surface area contributed by atoms with E-state index in [0.29, 0.717) is 11.6 Å². The minimum Gasteiger partial charge on any atom is -0.489 e. The summed E-state index contributed by atoms with van der Waals surface area (Å²) in [5.41, 5.74) is 6.66. The van der Waals surface area contributed by atoms with Crippen molar-refractivity contribution in [1.29, 1.82) is 0 Å². The highest BCUT2D eigenvalue weighted by atomic mass is 35.5. The molecule has 0 bridgehead atoms. The summed E-state index contributed by atoms with van der Waals surface area (Å²) in [6, 6.07) is 19.5. The smallest absolute Gasteiger partial charge is 0.123 e. The summed E-state index contributed by atoms with van der Waals surface area (Å²) in [5.74, 6) is 0.489. The van der Waals surface area contributed by atoms with Gasteiger partial charge in [0, 0.05) is 5.02 Å². The van der Waals surface area contributed by atoms with Crippen LogP contribution in [0.4, 0.5) is 10.1 Å². The molecule has 0 heterocycles. The topological polar surface area (TPSA) is 33.6 Å². The van der Waals surface area contributed by atoms with Crippen molar-refractivity contribution < 1.29 is 9.13 Å². The molecule has 0 unspecified atom stereocenters. The Morgan fingerprint density at radius 2 is 1.77 bits per heavy atom. The fraction of sp³-hybridized carbons (Fsp3) is 0.0952. The van der Waals surface area contributed by atoms with Crippen molar-refractivity contribution in [2.24, 2.45) is 5.10 Å². The van der Waals surface area contributed by atoms with Gasteiger partial charge in [-0.3, -0.25) is 5.43 Å². The lowest BCUT2D eigenvalue weighted by molar-refractivity contribution is 0.306. The number of anilines is 1. The molecule has 3 nitrogen and oxygen atoms in total. The number of halogens is 2. The minimum absolute atomic E-state index is 0.251. The Morgan fingerprint density at radius 3 is 2.46 bits per heavy atom. The van der Waals surface area contributed by atoms with Crippen LogP contribution < -0.4 is 10.2 Å². The molecule has 3 rings (SSSR count). The molecule has 26 heavy (non-hydrogen) atoms. The van der Waals surface area contributed by atoms with Gasteiger partial charge in [0.05, 0.1) is 11.9 Å². The van der Waals surface area contributed by atoms with Gasteiger partial charge in [-0.05, 0) is 72.1 Å². The monoisotopic (exact) mass is 368 g/mol. The SMILES string of the molecule is Cc1ccc(NN=Cc2ccc(OCc3ccc(F)cc3)cc2)cc1Cl. The van der Waals surface area contributed by atoms with Gasteiger partial charge in [0.1, 0.15) is 18.2 Å². The zero-order chi connectivity index (χ0) is 18.4. The average Bonchev–Trinajstić information content (AvgIpc) is 2.65. The Hall–Kier alpha value is -2.85. The second-order valence-electron chi connectivity index (χ2n) is 5.82. The van der Waals surface area contributed by atoms with Gasteiger partial charge in [-0.1, -0.05) is 29.8 Å². The van der Waals surface area contributed by atoms with E-state index in [1.807, 2.05) is 49.4 Å². The summed E-state index contributed by atoms with van der Waals surface area (Å²) in [4.78, 5) is 0. The van der Waals surface area contributed by atoms with E-state index in [1.165, 1.54) is 12.1 Å². The fourth-order valence-electron chi connectivity index (χ4n) is 2.24. The van der Waals surface area contributed by atoms with Crippen LogP contribution in [-0.2, 0) is 6.61 Å². The number of nitrogens with zero attached hydrogens (tertiary/aromatic N) is 1. The van der Waals surface area contributed by atoms with Crippen molar-refractivity contribution in [2.75, 3.05) is 5.43 Å². The van der Waals surface area contributed by atoms with E-state index in [0.717, 1.165) is 28.1 Å². The summed E-state index contributed by atoms with van der Waals surface area (Å²) in [6.07, 6.45) is 1.72. The van der Waals surface area contributed by atoms with Crippen molar-refractivity contribution >= 4 is 23.5 Å².